The maximum absolute atomic E-state index is 13.9. The Hall–Kier alpha value is -2.62. The van der Waals surface area contributed by atoms with Crippen molar-refractivity contribution in [3.8, 4) is 0 Å². The van der Waals surface area contributed by atoms with E-state index in [2.05, 4.69) is 10.2 Å². The van der Waals surface area contributed by atoms with E-state index < -0.39 is 17.6 Å². The number of halogens is 4. The summed E-state index contributed by atoms with van der Waals surface area (Å²) in [6.07, 6.45) is -0.941. The molecule has 1 aromatic carbocycles. The van der Waals surface area contributed by atoms with Crippen LogP contribution in [0.25, 0.3) is 0 Å². The zero-order chi connectivity index (χ0) is 21.8. The third-order valence-corrected chi connectivity index (χ3v) is 6.59. The molecular formula is C21H22F4N4O2. The number of nitrogens with one attached hydrogen (secondary N) is 1. The number of fused-ring (bicyclic) bond motifs is 3. The molecule has 1 aromatic heterocycles. The first-order valence-electron chi connectivity index (χ1n) is 10.3. The quantitative estimate of drug-likeness (QED) is 0.746. The van der Waals surface area contributed by atoms with Gasteiger partial charge < -0.3 is 14.5 Å². The number of hydrogen-bond acceptors (Lipinski definition) is 3. The van der Waals surface area contributed by atoms with Gasteiger partial charge in [-0.3, -0.25) is 5.10 Å². The van der Waals surface area contributed by atoms with E-state index in [0.29, 0.717) is 37.5 Å². The van der Waals surface area contributed by atoms with E-state index in [0.717, 1.165) is 37.2 Å². The van der Waals surface area contributed by atoms with Crippen molar-refractivity contribution in [1.29, 1.82) is 0 Å². The first kappa shape index (κ1) is 20.3. The van der Waals surface area contributed by atoms with Crippen LogP contribution in [-0.4, -0.2) is 58.3 Å². The number of hydrogen-bond donors (Lipinski definition) is 1. The number of aryl methyl sites for hydroxylation is 1. The van der Waals surface area contributed by atoms with Gasteiger partial charge >= 0.3 is 12.2 Å². The first-order valence-corrected chi connectivity index (χ1v) is 10.3. The Morgan fingerprint density at radius 2 is 1.97 bits per heavy atom. The lowest BCUT2D eigenvalue weighted by atomic mass is 9.81. The summed E-state index contributed by atoms with van der Waals surface area (Å²) >= 11 is 0. The molecule has 2 aromatic rings. The molecule has 0 radical (unpaired) electrons. The molecule has 6 nitrogen and oxygen atoms in total. The number of urea groups is 1. The van der Waals surface area contributed by atoms with Crippen molar-refractivity contribution in [3.05, 3.63) is 52.6 Å². The van der Waals surface area contributed by atoms with E-state index >= 15 is 0 Å². The Labute approximate surface area is 176 Å². The minimum absolute atomic E-state index is 0.0315. The van der Waals surface area contributed by atoms with Crippen molar-refractivity contribution in [2.24, 2.45) is 5.92 Å². The zero-order valence-corrected chi connectivity index (χ0v) is 16.7. The molecule has 2 saturated heterocycles. The van der Waals surface area contributed by atoms with Gasteiger partial charge in [-0.1, -0.05) is 6.07 Å². The number of nitrogens with zero attached hydrogens (tertiary/aromatic N) is 3. The van der Waals surface area contributed by atoms with E-state index in [9.17, 15) is 22.4 Å². The highest BCUT2D eigenvalue weighted by molar-refractivity contribution is 5.76. The highest BCUT2D eigenvalue weighted by Gasteiger charge is 2.43. The Morgan fingerprint density at radius 3 is 2.71 bits per heavy atom. The lowest BCUT2D eigenvalue weighted by Gasteiger charge is -2.40. The second-order valence-corrected chi connectivity index (χ2v) is 8.54. The number of amides is 2. The average Bonchev–Trinajstić information content (AvgIpc) is 3.32. The third kappa shape index (κ3) is 3.77. The number of carbonyl (C=O) groups excluding carboxylic acids is 1. The zero-order valence-electron chi connectivity index (χ0n) is 16.7. The standard InChI is InChI=1S/C21H22F4N4O2/c22-18-5-15(21(23,24)25)4-3-14(18)11-31-16-8-29(9-16)20(30)28-7-13-2-1-12-6-26-27-19(12)17(13)10-28/h3-6,13,16-17H,1-2,7-11H2,(H,26,27)/t13-,17+/m0/s1. The fourth-order valence-corrected chi connectivity index (χ4v) is 4.78. The van der Waals surface area contributed by atoms with Crippen LogP contribution in [0.4, 0.5) is 22.4 Å². The van der Waals surface area contributed by atoms with Crippen molar-refractivity contribution in [2.75, 3.05) is 26.2 Å². The molecule has 0 saturated carbocycles. The number of likely N-dealkylation sites (tertiary alicyclic amines) is 2. The second-order valence-electron chi connectivity index (χ2n) is 8.54. The molecule has 1 N–H and O–H groups in total. The summed E-state index contributed by atoms with van der Waals surface area (Å²) in [5.74, 6) is -0.209. The van der Waals surface area contributed by atoms with Gasteiger partial charge in [-0.05, 0) is 36.5 Å². The second kappa shape index (κ2) is 7.51. The van der Waals surface area contributed by atoms with Crippen LogP contribution in [-0.2, 0) is 23.9 Å². The summed E-state index contributed by atoms with van der Waals surface area (Å²) in [7, 11) is 0. The number of rotatable bonds is 3. The predicted molar refractivity (Wildman–Crippen MR) is 102 cm³/mol. The molecule has 0 spiro atoms. The molecule has 1 aliphatic carbocycles. The van der Waals surface area contributed by atoms with E-state index in [1.165, 1.54) is 5.56 Å². The van der Waals surface area contributed by atoms with Crippen LogP contribution < -0.4 is 0 Å². The first-order chi connectivity index (χ1) is 14.8. The lowest BCUT2D eigenvalue weighted by molar-refractivity contribution is -0.137. The third-order valence-electron chi connectivity index (χ3n) is 6.59. The smallest absolute Gasteiger partial charge is 0.370 e. The minimum atomic E-state index is -4.58. The van der Waals surface area contributed by atoms with E-state index in [1.807, 2.05) is 11.1 Å². The number of alkyl halides is 3. The molecule has 2 fully saturated rings. The van der Waals surface area contributed by atoms with Crippen LogP contribution in [0.2, 0.25) is 0 Å². The SMILES string of the molecule is O=C(N1CC(OCc2ccc(C(F)(F)F)cc2F)C1)N1C[C@@H]2CCc3cn[nH]c3[C@@H]2C1. The highest BCUT2D eigenvalue weighted by Crippen LogP contribution is 2.40. The summed E-state index contributed by atoms with van der Waals surface area (Å²) < 4.78 is 57.4. The molecule has 3 heterocycles. The van der Waals surface area contributed by atoms with Gasteiger partial charge in [0, 0.05) is 30.3 Å². The van der Waals surface area contributed by atoms with Crippen molar-refractivity contribution in [2.45, 2.75) is 37.6 Å². The average molecular weight is 438 g/mol. The molecule has 10 heteroatoms. The molecule has 5 rings (SSSR count). The molecule has 3 aliphatic rings. The number of benzene rings is 1. The van der Waals surface area contributed by atoms with Gasteiger partial charge in [0.15, 0.2) is 0 Å². The molecular weight excluding hydrogens is 416 g/mol. The predicted octanol–water partition coefficient (Wildman–Crippen LogP) is 3.55. The van der Waals surface area contributed by atoms with Crippen molar-refractivity contribution in [3.63, 3.8) is 0 Å². The van der Waals surface area contributed by atoms with E-state index in [-0.39, 0.29) is 24.3 Å². The lowest BCUT2D eigenvalue weighted by Crippen LogP contribution is -2.58. The molecule has 2 aliphatic heterocycles. The number of H-pyrrole nitrogens is 1. The van der Waals surface area contributed by atoms with Crippen LogP contribution in [0.15, 0.2) is 24.4 Å². The van der Waals surface area contributed by atoms with Gasteiger partial charge in [0.1, 0.15) is 5.82 Å². The molecule has 0 bridgehead atoms. The van der Waals surface area contributed by atoms with Crippen LogP contribution in [0.1, 0.15) is 34.7 Å². The Bertz CT molecular complexity index is 986. The number of aromatic nitrogens is 2. The van der Waals surface area contributed by atoms with Gasteiger partial charge in [0.2, 0.25) is 0 Å². The summed E-state index contributed by atoms with van der Waals surface area (Å²) in [5.41, 5.74) is 1.43. The Balaban J connectivity index is 1.11. The maximum Gasteiger partial charge on any atom is 0.416 e. The topological polar surface area (TPSA) is 61.5 Å². The summed E-state index contributed by atoms with van der Waals surface area (Å²) in [6.45, 7) is 2.04. The van der Waals surface area contributed by atoms with Crippen molar-refractivity contribution >= 4 is 6.03 Å². The van der Waals surface area contributed by atoms with Crippen LogP contribution in [0, 0.1) is 11.7 Å². The molecule has 2 atom stereocenters. The molecule has 31 heavy (non-hydrogen) atoms. The summed E-state index contributed by atoms with van der Waals surface area (Å²) in [4.78, 5) is 16.4. The fraction of sp³-hybridized carbons (Fsp3) is 0.524. The maximum atomic E-state index is 13.9. The number of ether oxygens (including phenoxy) is 1. The molecule has 166 valence electrons. The van der Waals surface area contributed by atoms with Gasteiger partial charge in [-0.2, -0.15) is 18.3 Å². The van der Waals surface area contributed by atoms with Gasteiger partial charge in [0.05, 0.1) is 37.6 Å². The Morgan fingerprint density at radius 1 is 1.19 bits per heavy atom. The van der Waals surface area contributed by atoms with E-state index in [1.54, 1.807) is 4.90 Å². The van der Waals surface area contributed by atoms with Crippen LogP contribution in [0.3, 0.4) is 0 Å². The van der Waals surface area contributed by atoms with Gasteiger partial charge in [0.25, 0.3) is 0 Å². The molecule has 0 unspecified atom stereocenters. The van der Waals surface area contributed by atoms with E-state index in [4.69, 9.17) is 4.74 Å². The van der Waals surface area contributed by atoms with Crippen LogP contribution >= 0.6 is 0 Å². The normalized spacial score (nSPS) is 23.5. The van der Waals surface area contributed by atoms with Gasteiger partial charge in [-0.25, -0.2) is 9.18 Å². The molecule has 2 amide bonds. The number of carbonyl (C=O) groups is 1. The highest BCUT2D eigenvalue weighted by atomic mass is 19.4. The largest absolute Gasteiger partial charge is 0.416 e. The van der Waals surface area contributed by atoms with Crippen molar-refractivity contribution in [1.82, 2.24) is 20.0 Å². The monoisotopic (exact) mass is 438 g/mol. The summed E-state index contributed by atoms with van der Waals surface area (Å²) in [5, 5.41) is 7.22. The summed E-state index contributed by atoms with van der Waals surface area (Å²) in [6, 6.07) is 2.38. The Kier molecular flexibility index (Phi) is 4.91. The van der Waals surface area contributed by atoms with Gasteiger partial charge in [-0.15, -0.1) is 0 Å². The fourth-order valence-electron chi connectivity index (χ4n) is 4.78. The van der Waals surface area contributed by atoms with Crippen LogP contribution in [0.5, 0.6) is 0 Å². The van der Waals surface area contributed by atoms with Crippen molar-refractivity contribution < 1.29 is 27.1 Å². The number of aromatic amines is 1. The minimum Gasteiger partial charge on any atom is -0.370 e.